The van der Waals surface area contributed by atoms with Crippen molar-refractivity contribution in [1.82, 2.24) is 4.98 Å². The molecule has 0 N–H and O–H groups in total. The zero-order valence-corrected chi connectivity index (χ0v) is 17.2. The summed E-state index contributed by atoms with van der Waals surface area (Å²) in [7, 11) is 0. The molecule has 0 radical (unpaired) electrons. The van der Waals surface area contributed by atoms with E-state index in [-0.39, 0.29) is 11.9 Å². The SMILES string of the molecule is CCCCCCCOc1ccc(-c2ccc(OCC(C)OCC)cn2)cc1F. The summed E-state index contributed by atoms with van der Waals surface area (Å²) < 4.78 is 31.0. The zero-order chi connectivity index (χ0) is 20.2. The number of hydrogen-bond acceptors (Lipinski definition) is 4. The highest BCUT2D eigenvalue weighted by molar-refractivity contribution is 5.60. The van der Waals surface area contributed by atoms with Crippen LogP contribution in [0.15, 0.2) is 36.5 Å². The van der Waals surface area contributed by atoms with E-state index in [1.54, 1.807) is 12.3 Å². The van der Waals surface area contributed by atoms with E-state index in [2.05, 4.69) is 11.9 Å². The van der Waals surface area contributed by atoms with Gasteiger partial charge in [0, 0.05) is 12.2 Å². The van der Waals surface area contributed by atoms with Crippen LogP contribution in [0.4, 0.5) is 4.39 Å². The second-order valence-electron chi connectivity index (χ2n) is 6.86. The van der Waals surface area contributed by atoms with Crippen LogP contribution >= 0.6 is 0 Å². The van der Waals surface area contributed by atoms with Gasteiger partial charge in [-0.05, 0) is 50.6 Å². The lowest BCUT2D eigenvalue weighted by Gasteiger charge is -2.13. The van der Waals surface area contributed by atoms with Gasteiger partial charge in [-0.1, -0.05) is 32.6 Å². The fraction of sp³-hybridized carbons (Fsp3) is 0.522. The predicted molar refractivity (Wildman–Crippen MR) is 110 cm³/mol. The van der Waals surface area contributed by atoms with Gasteiger partial charge < -0.3 is 14.2 Å². The average Bonchev–Trinajstić information content (AvgIpc) is 2.70. The Morgan fingerprint density at radius 1 is 1.00 bits per heavy atom. The van der Waals surface area contributed by atoms with Crippen molar-refractivity contribution in [1.29, 1.82) is 0 Å². The van der Waals surface area contributed by atoms with E-state index < -0.39 is 0 Å². The molecule has 0 amide bonds. The van der Waals surface area contributed by atoms with Gasteiger partial charge in [-0.25, -0.2) is 4.39 Å². The number of nitrogens with zero attached hydrogens (tertiary/aromatic N) is 1. The smallest absolute Gasteiger partial charge is 0.165 e. The highest BCUT2D eigenvalue weighted by Gasteiger charge is 2.08. The van der Waals surface area contributed by atoms with Crippen LogP contribution < -0.4 is 9.47 Å². The Bertz CT molecular complexity index is 691. The third-order valence-corrected chi connectivity index (χ3v) is 4.41. The number of pyridine rings is 1. The number of unbranched alkanes of at least 4 members (excludes halogenated alkanes) is 4. The maximum absolute atomic E-state index is 14.3. The molecule has 154 valence electrons. The fourth-order valence-corrected chi connectivity index (χ4v) is 2.85. The van der Waals surface area contributed by atoms with Crippen molar-refractivity contribution in [3.63, 3.8) is 0 Å². The molecule has 28 heavy (non-hydrogen) atoms. The van der Waals surface area contributed by atoms with Crippen LogP contribution in [0.3, 0.4) is 0 Å². The molecule has 1 unspecified atom stereocenters. The van der Waals surface area contributed by atoms with Gasteiger partial charge in [0.2, 0.25) is 0 Å². The lowest BCUT2D eigenvalue weighted by molar-refractivity contribution is 0.0401. The molecule has 0 bridgehead atoms. The highest BCUT2D eigenvalue weighted by Crippen LogP contribution is 2.25. The monoisotopic (exact) mass is 389 g/mol. The van der Waals surface area contributed by atoms with Gasteiger partial charge in [-0.3, -0.25) is 4.98 Å². The second-order valence-corrected chi connectivity index (χ2v) is 6.86. The minimum Gasteiger partial charge on any atom is -0.491 e. The molecule has 1 aromatic carbocycles. The van der Waals surface area contributed by atoms with Crippen molar-refractivity contribution >= 4 is 0 Å². The maximum Gasteiger partial charge on any atom is 0.165 e. The van der Waals surface area contributed by atoms with Crippen molar-refractivity contribution in [3.05, 3.63) is 42.3 Å². The molecule has 5 heteroatoms. The van der Waals surface area contributed by atoms with Crippen LogP contribution in [0.1, 0.15) is 52.9 Å². The van der Waals surface area contributed by atoms with Gasteiger partial charge in [0.1, 0.15) is 12.4 Å². The van der Waals surface area contributed by atoms with E-state index in [9.17, 15) is 4.39 Å². The Kier molecular flexibility index (Phi) is 9.77. The van der Waals surface area contributed by atoms with Crippen molar-refractivity contribution < 1.29 is 18.6 Å². The summed E-state index contributed by atoms with van der Waals surface area (Å²) in [5.74, 6) is 0.599. The van der Waals surface area contributed by atoms with Crippen LogP contribution in [0.25, 0.3) is 11.3 Å². The Balaban J connectivity index is 1.87. The summed E-state index contributed by atoms with van der Waals surface area (Å²) >= 11 is 0. The second kappa shape index (κ2) is 12.3. The molecule has 0 aliphatic heterocycles. The first-order valence-electron chi connectivity index (χ1n) is 10.3. The third kappa shape index (κ3) is 7.47. The van der Waals surface area contributed by atoms with E-state index >= 15 is 0 Å². The maximum atomic E-state index is 14.3. The first-order chi connectivity index (χ1) is 13.6. The number of rotatable bonds is 13. The molecule has 0 saturated heterocycles. The Labute approximate surface area is 168 Å². The van der Waals surface area contributed by atoms with Crippen LogP contribution in [-0.4, -0.2) is 30.9 Å². The van der Waals surface area contributed by atoms with Crippen molar-refractivity contribution in [3.8, 4) is 22.8 Å². The Morgan fingerprint density at radius 2 is 1.82 bits per heavy atom. The Morgan fingerprint density at radius 3 is 2.50 bits per heavy atom. The van der Waals surface area contributed by atoms with Gasteiger partial charge in [-0.15, -0.1) is 0 Å². The van der Waals surface area contributed by atoms with Crippen LogP contribution in [-0.2, 0) is 4.74 Å². The van der Waals surface area contributed by atoms with E-state index in [0.717, 1.165) is 12.8 Å². The standard InChI is InChI=1S/C23H32FNO3/c1-4-6-7-8-9-14-27-23-13-10-19(15-21(23)24)22-12-11-20(16-25-22)28-17-18(3)26-5-2/h10-13,15-16,18H,4-9,14,17H2,1-3H3. The van der Waals surface area contributed by atoms with Crippen LogP contribution in [0.2, 0.25) is 0 Å². The molecule has 4 nitrogen and oxygen atoms in total. The molecular weight excluding hydrogens is 357 g/mol. The summed E-state index contributed by atoms with van der Waals surface area (Å²) in [6.45, 7) is 7.77. The molecular formula is C23H32FNO3. The molecule has 1 atom stereocenters. The molecule has 0 saturated carbocycles. The lowest BCUT2D eigenvalue weighted by Crippen LogP contribution is -2.17. The molecule has 0 spiro atoms. The molecule has 0 fully saturated rings. The summed E-state index contributed by atoms with van der Waals surface area (Å²) in [6, 6.07) is 8.62. The molecule has 2 rings (SSSR count). The predicted octanol–water partition coefficient (Wildman–Crippen LogP) is 6.04. The molecule has 2 aromatic rings. The highest BCUT2D eigenvalue weighted by atomic mass is 19.1. The largest absolute Gasteiger partial charge is 0.491 e. The Hall–Kier alpha value is -2.14. The summed E-state index contributed by atoms with van der Waals surface area (Å²) in [5, 5.41) is 0. The summed E-state index contributed by atoms with van der Waals surface area (Å²) in [6.07, 6.45) is 7.40. The zero-order valence-electron chi connectivity index (χ0n) is 17.2. The van der Waals surface area contributed by atoms with E-state index in [1.165, 1.54) is 25.3 Å². The third-order valence-electron chi connectivity index (χ3n) is 4.41. The van der Waals surface area contributed by atoms with E-state index in [1.807, 2.05) is 32.0 Å². The minimum absolute atomic E-state index is 0.0259. The molecule has 0 aliphatic rings. The lowest BCUT2D eigenvalue weighted by atomic mass is 10.1. The van der Waals surface area contributed by atoms with Gasteiger partial charge in [0.05, 0.1) is 24.6 Å². The first-order valence-corrected chi connectivity index (χ1v) is 10.3. The fourth-order valence-electron chi connectivity index (χ4n) is 2.85. The van der Waals surface area contributed by atoms with Gasteiger partial charge in [0.25, 0.3) is 0 Å². The normalized spacial score (nSPS) is 12.0. The quantitative estimate of drug-likeness (QED) is 0.392. The van der Waals surface area contributed by atoms with Gasteiger partial charge in [-0.2, -0.15) is 0 Å². The summed E-state index contributed by atoms with van der Waals surface area (Å²) in [4.78, 5) is 4.37. The number of aromatic nitrogens is 1. The van der Waals surface area contributed by atoms with Gasteiger partial charge >= 0.3 is 0 Å². The summed E-state index contributed by atoms with van der Waals surface area (Å²) in [5.41, 5.74) is 1.40. The number of hydrogen-bond donors (Lipinski definition) is 0. The van der Waals surface area contributed by atoms with Crippen molar-refractivity contribution in [2.75, 3.05) is 19.8 Å². The molecule has 1 heterocycles. The van der Waals surface area contributed by atoms with Crippen molar-refractivity contribution in [2.24, 2.45) is 0 Å². The van der Waals surface area contributed by atoms with Crippen LogP contribution in [0, 0.1) is 5.82 Å². The number of halogens is 1. The number of benzene rings is 1. The van der Waals surface area contributed by atoms with Crippen LogP contribution in [0.5, 0.6) is 11.5 Å². The average molecular weight is 390 g/mol. The van der Waals surface area contributed by atoms with E-state index in [4.69, 9.17) is 14.2 Å². The van der Waals surface area contributed by atoms with Gasteiger partial charge in [0.15, 0.2) is 11.6 Å². The first kappa shape index (κ1) is 22.2. The molecule has 1 aromatic heterocycles. The molecule has 0 aliphatic carbocycles. The minimum atomic E-state index is -0.362. The number of ether oxygens (including phenoxy) is 3. The van der Waals surface area contributed by atoms with E-state index in [0.29, 0.717) is 42.6 Å². The van der Waals surface area contributed by atoms with Crippen molar-refractivity contribution in [2.45, 2.75) is 59.0 Å². The topological polar surface area (TPSA) is 40.6 Å².